The third-order valence-electron chi connectivity index (χ3n) is 5.53. The van der Waals surface area contributed by atoms with E-state index >= 15 is 0 Å². The van der Waals surface area contributed by atoms with Crippen molar-refractivity contribution in [1.82, 2.24) is 9.55 Å². The van der Waals surface area contributed by atoms with Crippen LogP contribution in [0, 0.1) is 12.3 Å². The average molecular weight is 399 g/mol. The molecule has 1 aromatic heterocycles. The number of anilines is 1. The fraction of sp³-hybridized carbons (Fsp3) is 0.208. The van der Waals surface area contributed by atoms with Crippen molar-refractivity contribution in [2.45, 2.75) is 33.1 Å². The maximum Gasteiger partial charge on any atom is 0.149 e. The highest BCUT2D eigenvalue weighted by molar-refractivity contribution is 6.04. The molecule has 2 aromatic carbocycles. The van der Waals surface area contributed by atoms with E-state index in [2.05, 4.69) is 59.6 Å². The van der Waals surface area contributed by atoms with E-state index in [1.54, 1.807) is 17.0 Å². The first kappa shape index (κ1) is 19.6. The molecule has 1 aliphatic rings. The highest BCUT2D eigenvalue weighted by Gasteiger charge is 2.18. The summed E-state index contributed by atoms with van der Waals surface area (Å²) in [4.78, 5) is 4.06. The van der Waals surface area contributed by atoms with Crippen LogP contribution in [-0.4, -0.2) is 20.5 Å². The number of fused-ring (bicyclic) bond motifs is 1. The Bertz CT molecular complexity index is 1210. The predicted molar refractivity (Wildman–Crippen MR) is 120 cm³/mol. The van der Waals surface area contributed by atoms with E-state index in [0.717, 1.165) is 53.2 Å². The lowest BCUT2D eigenvalue weighted by molar-refractivity contribution is 0.318. The molecule has 1 heterocycles. The molecule has 0 saturated heterocycles. The Hall–Kier alpha value is -3.67. The number of benzene rings is 2. The molecular formula is C24H25N5O. The first-order chi connectivity index (χ1) is 14.6. The van der Waals surface area contributed by atoms with Gasteiger partial charge in [0.15, 0.2) is 0 Å². The second-order valence-corrected chi connectivity index (χ2v) is 7.41. The van der Waals surface area contributed by atoms with Crippen molar-refractivity contribution in [2.24, 2.45) is 5.16 Å². The molecule has 0 atom stereocenters. The molecule has 0 bridgehead atoms. The SMILES string of the molecule is CCc1cccc(C)c1/C=C(\Nc1ccc2c(c1)CC/C2=N\O)n1ccncc1=N. The van der Waals surface area contributed by atoms with Gasteiger partial charge in [0, 0.05) is 23.6 Å². The highest BCUT2D eigenvalue weighted by atomic mass is 16.4. The van der Waals surface area contributed by atoms with Crippen molar-refractivity contribution in [3.63, 3.8) is 0 Å². The minimum Gasteiger partial charge on any atom is -0.411 e. The summed E-state index contributed by atoms with van der Waals surface area (Å²) in [5.74, 6) is 0.778. The molecule has 152 valence electrons. The molecule has 0 saturated carbocycles. The summed E-state index contributed by atoms with van der Waals surface area (Å²) in [6.45, 7) is 4.25. The fourth-order valence-electron chi connectivity index (χ4n) is 3.93. The minimum absolute atomic E-state index is 0.291. The number of nitrogens with one attached hydrogen (secondary N) is 2. The van der Waals surface area contributed by atoms with Gasteiger partial charge in [0.25, 0.3) is 0 Å². The number of hydrogen-bond donors (Lipinski definition) is 3. The normalized spacial score (nSPS) is 14.7. The standard InChI is InChI=1S/C24H25N5O/c1-3-17-6-4-5-16(2)21(17)14-24(29-12-11-26-15-23(29)25)27-19-8-9-20-18(13-19)7-10-22(20)28-30/h4-6,8-9,11-15,25,27,30H,3,7,10H2,1-2H3/b24-14+,25-23?,28-22+. The van der Waals surface area contributed by atoms with Crippen LogP contribution in [0.2, 0.25) is 0 Å². The van der Waals surface area contributed by atoms with Gasteiger partial charge in [0.1, 0.15) is 11.3 Å². The summed E-state index contributed by atoms with van der Waals surface area (Å²) in [6, 6.07) is 12.4. The summed E-state index contributed by atoms with van der Waals surface area (Å²) in [5, 5.41) is 24.4. The van der Waals surface area contributed by atoms with E-state index < -0.39 is 0 Å². The molecule has 0 radical (unpaired) electrons. The largest absolute Gasteiger partial charge is 0.411 e. The molecule has 4 rings (SSSR count). The van der Waals surface area contributed by atoms with Crippen LogP contribution in [0.15, 0.2) is 60.1 Å². The van der Waals surface area contributed by atoms with Gasteiger partial charge in [-0.25, -0.2) is 0 Å². The molecule has 0 fully saturated rings. The Morgan fingerprint density at radius 1 is 1.30 bits per heavy atom. The lowest BCUT2D eigenvalue weighted by Crippen LogP contribution is -2.22. The summed E-state index contributed by atoms with van der Waals surface area (Å²) in [7, 11) is 0. The monoisotopic (exact) mass is 399 g/mol. The van der Waals surface area contributed by atoms with Crippen molar-refractivity contribution in [3.05, 3.63) is 88.3 Å². The van der Waals surface area contributed by atoms with E-state index in [-0.39, 0.29) is 0 Å². The van der Waals surface area contributed by atoms with Crippen LogP contribution >= 0.6 is 0 Å². The molecule has 30 heavy (non-hydrogen) atoms. The number of hydrogen-bond acceptors (Lipinski definition) is 5. The molecule has 3 N–H and O–H groups in total. The predicted octanol–water partition coefficient (Wildman–Crippen LogP) is 4.43. The van der Waals surface area contributed by atoms with E-state index in [1.807, 2.05) is 12.1 Å². The number of oxime groups is 1. The van der Waals surface area contributed by atoms with Gasteiger partial charge in [0.05, 0.1) is 11.9 Å². The Morgan fingerprint density at radius 3 is 2.93 bits per heavy atom. The van der Waals surface area contributed by atoms with E-state index in [1.165, 1.54) is 17.3 Å². The summed E-state index contributed by atoms with van der Waals surface area (Å²) in [5.41, 5.74) is 7.70. The van der Waals surface area contributed by atoms with Gasteiger partial charge in [0.2, 0.25) is 0 Å². The molecule has 1 aliphatic carbocycles. The van der Waals surface area contributed by atoms with Gasteiger partial charge in [-0.3, -0.25) is 15.0 Å². The smallest absolute Gasteiger partial charge is 0.149 e. The van der Waals surface area contributed by atoms with Crippen LogP contribution in [0.5, 0.6) is 0 Å². The van der Waals surface area contributed by atoms with Gasteiger partial charge < -0.3 is 10.5 Å². The summed E-state index contributed by atoms with van der Waals surface area (Å²) >= 11 is 0. The Labute approximate surface area is 175 Å². The molecular weight excluding hydrogens is 374 g/mol. The third-order valence-corrected chi connectivity index (χ3v) is 5.53. The highest BCUT2D eigenvalue weighted by Crippen LogP contribution is 2.27. The first-order valence-electron chi connectivity index (χ1n) is 10.1. The molecule has 0 spiro atoms. The zero-order valence-corrected chi connectivity index (χ0v) is 17.2. The maximum absolute atomic E-state index is 9.18. The van der Waals surface area contributed by atoms with Crippen LogP contribution in [0.25, 0.3) is 11.9 Å². The second kappa shape index (κ2) is 8.37. The van der Waals surface area contributed by atoms with Crippen LogP contribution < -0.4 is 10.8 Å². The lowest BCUT2D eigenvalue weighted by atomic mass is 9.99. The first-order valence-corrected chi connectivity index (χ1v) is 10.1. The van der Waals surface area contributed by atoms with Crippen LogP contribution in [0.1, 0.15) is 41.2 Å². The van der Waals surface area contributed by atoms with Gasteiger partial charge in [-0.2, -0.15) is 0 Å². The lowest BCUT2D eigenvalue weighted by Gasteiger charge is -2.17. The Balaban J connectivity index is 1.81. The molecule has 0 aliphatic heterocycles. The number of rotatable bonds is 5. The topological polar surface area (TPSA) is 86.3 Å². The summed E-state index contributed by atoms with van der Waals surface area (Å²) < 4.78 is 1.78. The van der Waals surface area contributed by atoms with Crippen LogP contribution in [0.4, 0.5) is 5.69 Å². The van der Waals surface area contributed by atoms with Crippen LogP contribution in [-0.2, 0) is 12.8 Å². The fourth-order valence-corrected chi connectivity index (χ4v) is 3.93. The van der Waals surface area contributed by atoms with Gasteiger partial charge in [-0.15, -0.1) is 0 Å². The van der Waals surface area contributed by atoms with Crippen molar-refractivity contribution in [1.29, 1.82) is 5.41 Å². The molecule has 6 nitrogen and oxygen atoms in total. The van der Waals surface area contributed by atoms with Gasteiger partial charge >= 0.3 is 0 Å². The molecule has 6 heteroatoms. The zero-order valence-electron chi connectivity index (χ0n) is 17.2. The van der Waals surface area contributed by atoms with Crippen molar-refractivity contribution in [3.8, 4) is 0 Å². The van der Waals surface area contributed by atoms with Gasteiger partial charge in [-0.05, 0) is 66.6 Å². The summed E-state index contributed by atoms with van der Waals surface area (Å²) in [6.07, 6.45) is 9.62. The van der Waals surface area contributed by atoms with Crippen molar-refractivity contribution >= 4 is 23.3 Å². The minimum atomic E-state index is 0.291. The van der Waals surface area contributed by atoms with Crippen molar-refractivity contribution in [2.75, 3.05) is 5.32 Å². The molecule has 0 amide bonds. The molecule has 0 unspecified atom stereocenters. The quantitative estimate of drug-likeness (QED) is 0.438. The number of nitrogens with zero attached hydrogens (tertiary/aromatic N) is 3. The van der Waals surface area contributed by atoms with E-state index in [0.29, 0.717) is 5.49 Å². The number of aryl methyl sites for hydroxylation is 3. The molecule has 3 aromatic rings. The average Bonchev–Trinajstić information content (AvgIpc) is 3.17. The number of aromatic nitrogens is 2. The van der Waals surface area contributed by atoms with Crippen molar-refractivity contribution < 1.29 is 5.21 Å². The Kier molecular flexibility index (Phi) is 5.48. The second-order valence-electron chi connectivity index (χ2n) is 7.41. The van der Waals surface area contributed by atoms with Gasteiger partial charge in [-0.1, -0.05) is 36.3 Å². The van der Waals surface area contributed by atoms with Crippen LogP contribution in [0.3, 0.4) is 0 Å². The zero-order chi connectivity index (χ0) is 21.1. The van der Waals surface area contributed by atoms with E-state index in [4.69, 9.17) is 5.41 Å². The third kappa shape index (κ3) is 3.76. The Morgan fingerprint density at radius 2 is 2.17 bits per heavy atom. The van der Waals surface area contributed by atoms with E-state index in [9.17, 15) is 5.21 Å². The maximum atomic E-state index is 9.18.